The topological polar surface area (TPSA) is 74.2 Å². The third-order valence-electron chi connectivity index (χ3n) is 5.46. The van der Waals surface area contributed by atoms with Crippen LogP contribution in [0.4, 0.5) is 5.69 Å². The molecule has 0 aromatic heterocycles. The highest BCUT2D eigenvalue weighted by atomic mass is 79.9. The molecule has 0 bridgehead atoms. The molecule has 1 amide bonds. The summed E-state index contributed by atoms with van der Waals surface area (Å²) in [5.74, 6) is 0.224. The highest BCUT2D eigenvalue weighted by Gasteiger charge is 2.18. The van der Waals surface area contributed by atoms with E-state index in [1.54, 1.807) is 25.5 Å². The second-order valence-corrected chi connectivity index (χ2v) is 8.50. The molecule has 0 unspecified atom stereocenters. The Morgan fingerprint density at radius 2 is 2.06 bits per heavy atom. The minimum absolute atomic E-state index is 0.102. The number of hydrogen-bond donors (Lipinski definition) is 2. The maximum atomic E-state index is 12.3. The first-order chi connectivity index (χ1) is 15.5. The molecule has 3 aromatic carbocycles. The van der Waals surface area contributed by atoms with Gasteiger partial charge in [0.25, 0.3) is 5.91 Å². The number of ether oxygens (including phenoxy) is 1. The van der Waals surface area contributed by atoms with Gasteiger partial charge in [-0.15, -0.1) is 0 Å². The maximum Gasteiger partial charge on any atom is 0.275 e. The predicted octanol–water partition coefficient (Wildman–Crippen LogP) is 4.88. The maximum absolute atomic E-state index is 12.3. The Hall–Kier alpha value is -3.32. The van der Waals surface area contributed by atoms with Gasteiger partial charge in [-0.25, -0.2) is 5.43 Å². The van der Waals surface area contributed by atoms with Gasteiger partial charge < -0.3 is 14.7 Å². The van der Waals surface area contributed by atoms with Crippen LogP contribution < -0.4 is 15.1 Å². The molecule has 0 radical (unpaired) electrons. The van der Waals surface area contributed by atoms with Gasteiger partial charge in [0.1, 0.15) is 11.5 Å². The number of carbonyl (C=O) groups is 1. The number of methoxy groups -OCH3 is 1. The molecular weight excluding hydrogens is 470 g/mol. The van der Waals surface area contributed by atoms with E-state index in [1.165, 1.54) is 17.3 Å². The highest BCUT2D eigenvalue weighted by molar-refractivity contribution is 9.10. The predicted molar refractivity (Wildman–Crippen MR) is 130 cm³/mol. The van der Waals surface area contributed by atoms with Crippen LogP contribution in [0.15, 0.2) is 70.2 Å². The summed E-state index contributed by atoms with van der Waals surface area (Å²) in [7, 11) is 1.67. The SMILES string of the molecule is COc1ccc(/C=N\NC(=O)c2cc(Br)ccc2O)cc1CN1CCCc2ccccc21. The molecule has 0 spiro atoms. The number of rotatable bonds is 6. The van der Waals surface area contributed by atoms with Crippen LogP contribution >= 0.6 is 15.9 Å². The van der Waals surface area contributed by atoms with Crippen molar-refractivity contribution in [2.75, 3.05) is 18.6 Å². The van der Waals surface area contributed by atoms with E-state index in [-0.39, 0.29) is 11.3 Å². The number of nitrogens with one attached hydrogen (secondary N) is 1. The number of phenolic OH excluding ortho intramolecular Hbond substituents is 1. The van der Waals surface area contributed by atoms with Gasteiger partial charge in [0.05, 0.1) is 18.9 Å². The summed E-state index contributed by atoms with van der Waals surface area (Å²) < 4.78 is 6.28. The lowest BCUT2D eigenvalue weighted by molar-refractivity contribution is 0.0952. The van der Waals surface area contributed by atoms with Crippen molar-refractivity contribution in [3.8, 4) is 11.5 Å². The van der Waals surface area contributed by atoms with E-state index in [2.05, 4.69) is 55.6 Å². The number of benzene rings is 3. The van der Waals surface area contributed by atoms with Crippen molar-refractivity contribution >= 4 is 33.7 Å². The van der Waals surface area contributed by atoms with Crippen molar-refractivity contribution in [2.45, 2.75) is 19.4 Å². The molecule has 1 heterocycles. The molecule has 1 aliphatic heterocycles. The van der Waals surface area contributed by atoms with Crippen molar-refractivity contribution in [1.82, 2.24) is 5.43 Å². The molecule has 2 N–H and O–H groups in total. The number of phenols is 1. The number of fused-ring (bicyclic) bond motifs is 1. The summed E-state index contributed by atoms with van der Waals surface area (Å²) in [5, 5.41) is 14.0. The summed E-state index contributed by atoms with van der Waals surface area (Å²) >= 11 is 3.30. The van der Waals surface area contributed by atoms with Gasteiger partial charge in [-0.2, -0.15) is 5.10 Å². The molecule has 0 fully saturated rings. The van der Waals surface area contributed by atoms with Crippen molar-refractivity contribution in [1.29, 1.82) is 0 Å². The monoisotopic (exact) mass is 493 g/mol. The third kappa shape index (κ3) is 4.94. The van der Waals surface area contributed by atoms with E-state index in [9.17, 15) is 9.90 Å². The zero-order chi connectivity index (χ0) is 22.5. The number of hydrazone groups is 1. The number of halogens is 1. The number of aromatic hydroxyl groups is 1. The van der Waals surface area contributed by atoms with Gasteiger partial charge in [-0.3, -0.25) is 4.79 Å². The van der Waals surface area contributed by atoms with Gasteiger partial charge in [-0.05, 0) is 66.4 Å². The van der Waals surface area contributed by atoms with Crippen LogP contribution in [0.1, 0.15) is 33.5 Å². The van der Waals surface area contributed by atoms with Gasteiger partial charge in [0, 0.05) is 28.8 Å². The van der Waals surface area contributed by atoms with E-state index < -0.39 is 5.91 Å². The average Bonchev–Trinajstić information content (AvgIpc) is 2.81. The summed E-state index contributed by atoms with van der Waals surface area (Å²) in [5.41, 5.74) is 7.13. The van der Waals surface area contributed by atoms with Gasteiger partial charge in [-0.1, -0.05) is 34.1 Å². The van der Waals surface area contributed by atoms with Crippen LogP contribution in [0.5, 0.6) is 11.5 Å². The lowest BCUT2D eigenvalue weighted by Crippen LogP contribution is -2.29. The van der Waals surface area contributed by atoms with E-state index >= 15 is 0 Å². The van der Waals surface area contributed by atoms with Crippen LogP contribution in [0.25, 0.3) is 0 Å². The smallest absolute Gasteiger partial charge is 0.275 e. The Morgan fingerprint density at radius 3 is 2.91 bits per heavy atom. The lowest BCUT2D eigenvalue weighted by Gasteiger charge is -2.31. The number of anilines is 1. The third-order valence-corrected chi connectivity index (χ3v) is 5.95. The van der Waals surface area contributed by atoms with E-state index in [1.807, 2.05) is 18.2 Å². The van der Waals surface area contributed by atoms with Crippen molar-refractivity contribution < 1.29 is 14.6 Å². The Kier molecular flexibility index (Phi) is 6.75. The Bertz CT molecular complexity index is 1160. The van der Waals surface area contributed by atoms with Gasteiger partial charge >= 0.3 is 0 Å². The van der Waals surface area contributed by atoms with E-state index in [0.29, 0.717) is 4.47 Å². The highest BCUT2D eigenvalue weighted by Crippen LogP contribution is 2.30. The number of amides is 1. The summed E-state index contributed by atoms with van der Waals surface area (Å²) in [4.78, 5) is 14.7. The quantitative estimate of drug-likeness (QED) is 0.379. The van der Waals surface area contributed by atoms with E-state index in [0.717, 1.165) is 42.8 Å². The van der Waals surface area contributed by atoms with Crippen LogP contribution in [0.3, 0.4) is 0 Å². The Labute approximate surface area is 195 Å². The van der Waals surface area contributed by atoms with Crippen molar-refractivity contribution in [3.05, 3.63) is 87.4 Å². The molecule has 4 rings (SSSR count). The molecule has 7 heteroatoms. The zero-order valence-electron chi connectivity index (χ0n) is 17.7. The lowest BCUT2D eigenvalue weighted by atomic mass is 10.0. The molecule has 0 atom stereocenters. The minimum atomic E-state index is -0.487. The van der Waals surface area contributed by atoms with Crippen LogP contribution in [-0.4, -0.2) is 30.9 Å². The second-order valence-electron chi connectivity index (χ2n) is 7.59. The first kappa shape index (κ1) is 21.9. The molecule has 0 saturated carbocycles. The fourth-order valence-corrected chi connectivity index (χ4v) is 4.26. The number of para-hydroxylation sites is 1. The molecule has 0 aliphatic carbocycles. The van der Waals surface area contributed by atoms with Crippen LogP contribution in [-0.2, 0) is 13.0 Å². The van der Waals surface area contributed by atoms with Crippen LogP contribution in [0.2, 0.25) is 0 Å². The van der Waals surface area contributed by atoms with Crippen molar-refractivity contribution in [3.63, 3.8) is 0 Å². The van der Waals surface area contributed by atoms with Gasteiger partial charge in [0.15, 0.2) is 0 Å². The summed E-state index contributed by atoms with van der Waals surface area (Å²) in [6.07, 6.45) is 3.80. The fraction of sp³-hybridized carbons (Fsp3) is 0.200. The normalized spacial score (nSPS) is 13.1. The van der Waals surface area contributed by atoms with Gasteiger partial charge in [0.2, 0.25) is 0 Å². The molecule has 32 heavy (non-hydrogen) atoms. The fourth-order valence-electron chi connectivity index (χ4n) is 3.90. The molecule has 6 nitrogen and oxygen atoms in total. The Balaban J connectivity index is 1.50. The second kappa shape index (κ2) is 9.87. The standard InChI is InChI=1S/C25H24BrN3O3/c1-32-24-11-8-17(15-27-28-25(31)21-14-20(26)9-10-23(21)30)13-19(24)16-29-12-4-6-18-5-2-3-7-22(18)29/h2-3,5,7-11,13-15,30H,4,6,12,16H2,1H3,(H,28,31)/b27-15-. The van der Waals surface area contributed by atoms with E-state index in [4.69, 9.17) is 4.74 Å². The Morgan fingerprint density at radius 1 is 1.22 bits per heavy atom. The number of aryl methyl sites for hydroxylation is 1. The first-order valence-corrected chi connectivity index (χ1v) is 11.2. The molecule has 0 saturated heterocycles. The van der Waals surface area contributed by atoms with Crippen LogP contribution in [0, 0.1) is 0 Å². The summed E-state index contributed by atoms with van der Waals surface area (Å²) in [6, 6.07) is 19.0. The summed E-state index contributed by atoms with van der Waals surface area (Å²) in [6.45, 7) is 1.71. The number of hydrogen-bond acceptors (Lipinski definition) is 5. The molecular formula is C25H24BrN3O3. The number of carbonyl (C=O) groups excluding carboxylic acids is 1. The molecule has 3 aromatic rings. The first-order valence-electron chi connectivity index (χ1n) is 10.4. The number of nitrogens with zero attached hydrogens (tertiary/aromatic N) is 2. The van der Waals surface area contributed by atoms with Crippen molar-refractivity contribution in [2.24, 2.45) is 5.10 Å². The zero-order valence-corrected chi connectivity index (χ0v) is 19.3. The average molecular weight is 494 g/mol. The molecule has 1 aliphatic rings. The largest absolute Gasteiger partial charge is 0.507 e. The molecule has 164 valence electrons. The minimum Gasteiger partial charge on any atom is -0.507 e.